The van der Waals surface area contributed by atoms with E-state index in [1.807, 2.05) is 12.1 Å². The van der Waals surface area contributed by atoms with Gasteiger partial charge in [-0.15, -0.1) is 0 Å². The summed E-state index contributed by atoms with van der Waals surface area (Å²) in [7, 11) is 0. The first-order chi connectivity index (χ1) is 11.8. The van der Waals surface area contributed by atoms with Gasteiger partial charge in [0.15, 0.2) is 0 Å². The van der Waals surface area contributed by atoms with Crippen LogP contribution >= 0.6 is 0 Å². The largest absolute Gasteiger partial charge is 0.488 e. The molecule has 0 atom stereocenters. The molecule has 0 saturated carbocycles. The van der Waals surface area contributed by atoms with Gasteiger partial charge in [-0.2, -0.15) is 0 Å². The maximum absolute atomic E-state index is 12.7. The molecular formula is C20H21NO4. The molecule has 1 aliphatic rings. The Bertz CT molecular complexity index is 890. The number of carbonyl (C=O) groups excluding carboxylic acids is 2. The number of Topliss-reactive ketones (excluding diaryl/α,β-unsaturated/α-hetero) is 1. The fraction of sp³-hybridized carbons (Fsp3) is 0.300. The van der Waals surface area contributed by atoms with E-state index in [9.17, 15) is 9.59 Å². The second-order valence-corrected chi connectivity index (χ2v) is 7.08. The van der Waals surface area contributed by atoms with Gasteiger partial charge in [0.2, 0.25) is 5.78 Å². The third kappa shape index (κ3) is 3.36. The Morgan fingerprint density at radius 2 is 1.96 bits per heavy atom. The number of benzene rings is 2. The smallest absolute Gasteiger partial charge is 0.329 e. The van der Waals surface area contributed by atoms with Crippen LogP contribution in [0.1, 0.15) is 43.6 Å². The lowest BCUT2D eigenvalue weighted by molar-refractivity contribution is -0.146. The van der Waals surface area contributed by atoms with Gasteiger partial charge in [-0.25, -0.2) is 5.48 Å². The van der Waals surface area contributed by atoms with E-state index in [0.29, 0.717) is 11.3 Å². The normalized spacial score (nSPS) is 14.2. The molecule has 1 heterocycles. The highest BCUT2D eigenvalue weighted by atomic mass is 16.7. The zero-order chi connectivity index (χ0) is 18.2. The molecule has 0 radical (unpaired) electrons. The predicted octanol–water partition coefficient (Wildman–Crippen LogP) is 3.66. The Kier molecular flexibility index (Phi) is 4.25. The zero-order valence-corrected chi connectivity index (χ0v) is 14.8. The van der Waals surface area contributed by atoms with Gasteiger partial charge in [-0.3, -0.25) is 9.59 Å². The minimum absolute atomic E-state index is 0.0420. The minimum atomic E-state index is -0.521. The van der Waals surface area contributed by atoms with Crippen LogP contribution in [0.5, 0.6) is 5.75 Å². The number of hydrogen-bond donors (Lipinski definition) is 1. The summed E-state index contributed by atoms with van der Waals surface area (Å²) in [6.07, 6.45) is 1.57. The van der Waals surface area contributed by atoms with Crippen molar-refractivity contribution in [1.29, 1.82) is 0 Å². The van der Waals surface area contributed by atoms with E-state index in [0.717, 1.165) is 10.8 Å². The Labute approximate surface area is 146 Å². The van der Waals surface area contributed by atoms with Gasteiger partial charge in [-0.05, 0) is 28.5 Å². The van der Waals surface area contributed by atoms with Crippen molar-refractivity contribution in [2.75, 3.05) is 6.61 Å². The monoisotopic (exact) mass is 339 g/mol. The summed E-state index contributed by atoms with van der Waals surface area (Å²) in [6, 6.07) is 9.85. The van der Waals surface area contributed by atoms with Crippen LogP contribution in [0, 0.1) is 0 Å². The molecule has 1 N–H and O–H groups in total. The van der Waals surface area contributed by atoms with Crippen LogP contribution in [0.15, 0.2) is 42.1 Å². The topological polar surface area (TPSA) is 64.6 Å². The second kappa shape index (κ2) is 6.24. The van der Waals surface area contributed by atoms with Crippen molar-refractivity contribution < 1.29 is 19.2 Å². The minimum Gasteiger partial charge on any atom is -0.488 e. The molecule has 0 amide bonds. The first-order valence-corrected chi connectivity index (χ1v) is 8.15. The van der Waals surface area contributed by atoms with Gasteiger partial charge in [0.25, 0.3) is 0 Å². The number of ketones is 1. The van der Waals surface area contributed by atoms with Crippen molar-refractivity contribution in [3.05, 3.63) is 53.2 Å². The number of nitrogens with one attached hydrogen (secondary N) is 1. The lowest BCUT2D eigenvalue weighted by Crippen LogP contribution is -2.23. The number of allylic oxidation sites excluding steroid dienone is 1. The molecule has 3 rings (SSSR count). The van der Waals surface area contributed by atoms with Crippen LogP contribution in [-0.2, 0) is 15.0 Å². The molecule has 0 spiro atoms. The summed E-state index contributed by atoms with van der Waals surface area (Å²) in [4.78, 5) is 28.4. The van der Waals surface area contributed by atoms with Crippen molar-refractivity contribution in [3.63, 3.8) is 0 Å². The summed E-state index contributed by atoms with van der Waals surface area (Å²) in [5, 5.41) is 1.91. The van der Waals surface area contributed by atoms with E-state index in [4.69, 9.17) is 9.57 Å². The molecule has 0 fully saturated rings. The first-order valence-electron chi connectivity index (χ1n) is 8.15. The molecule has 5 heteroatoms. The predicted molar refractivity (Wildman–Crippen MR) is 95.5 cm³/mol. The lowest BCUT2D eigenvalue weighted by Gasteiger charge is -2.20. The number of ether oxygens (including phenoxy) is 1. The molecule has 0 unspecified atom stereocenters. The van der Waals surface area contributed by atoms with E-state index in [2.05, 4.69) is 38.4 Å². The van der Waals surface area contributed by atoms with Crippen LogP contribution in [0.3, 0.4) is 0 Å². The van der Waals surface area contributed by atoms with Crippen molar-refractivity contribution >= 4 is 22.5 Å². The lowest BCUT2D eigenvalue weighted by atomic mass is 9.85. The molecule has 1 aliphatic heterocycles. The highest BCUT2D eigenvalue weighted by molar-refractivity contribution is 6.13. The average Bonchev–Trinajstić information content (AvgIpc) is 2.71. The molecule has 5 nitrogen and oxygen atoms in total. The second-order valence-electron chi connectivity index (χ2n) is 7.08. The number of fused-ring (bicyclic) bond motifs is 3. The molecule has 0 aromatic heterocycles. The SMILES string of the molecule is CC(=O)ONC1=CCOc2c(ccc3cc(C(C)(C)C)ccc23)C1=O. The van der Waals surface area contributed by atoms with Crippen molar-refractivity contribution in [2.45, 2.75) is 33.1 Å². The average molecular weight is 339 g/mol. The van der Waals surface area contributed by atoms with E-state index < -0.39 is 5.97 Å². The number of hydrogen-bond acceptors (Lipinski definition) is 5. The maximum atomic E-state index is 12.7. The molecule has 2 aromatic carbocycles. The van der Waals surface area contributed by atoms with Crippen LogP contribution < -0.4 is 10.2 Å². The molecular weight excluding hydrogens is 318 g/mol. The van der Waals surface area contributed by atoms with Crippen molar-refractivity contribution in [1.82, 2.24) is 5.48 Å². The quantitative estimate of drug-likeness (QED) is 0.846. The van der Waals surface area contributed by atoms with E-state index >= 15 is 0 Å². The van der Waals surface area contributed by atoms with Gasteiger partial charge in [-0.1, -0.05) is 45.0 Å². The van der Waals surface area contributed by atoms with Gasteiger partial charge >= 0.3 is 5.97 Å². The van der Waals surface area contributed by atoms with E-state index in [1.165, 1.54) is 12.5 Å². The van der Waals surface area contributed by atoms with Crippen LogP contribution in [-0.4, -0.2) is 18.4 Å². The number of rotatable bonds is 2. The molecule has 130 valence electrons. The Balaban J connectivity index is 2.03. The van der Waals surface area contributed by atoms with Crippen LogP contribution in [0.2, 0.25) is 0 Å². The number of carbonyl (C=O) groups is 2. The number of hydroxylamine groups is 1. The van der Waals surface area contributed by atoms with Crippen molar-refractivity contribution in [3.8, 4) is 5.75 Å². The summed E-state index contributed by atoms with van der Waals surface area (Å²) in [5.74, 6) is -0.235. The molecule has 25 heavy (non-hydrogen) atoms. The fourth-order valence-corrected chi connectivity index (χ4v) is 2.76. The van der Waals surface area contributed by atoms with Crippen molar-refractivity contribution in [2.24, 2.45) is 0 Å². The zero-order valence-electron chi connectivity index (χ0n) is 14.8. The fourth-order valence-electron chi connectivity index (χ4n) is 2.76. The maximum Gasteiger partial charge on any atom is 0.329 e. The molecule has 0 saturated heterocycles. The standard InChI is InChI=1S/C20H21NO4/c1-12(22)25-21-17-9-10-24-19-15-8-6-14(20(2,3)4)11-13(15)5-7-16(19)18(17)23/h5-9,11,21H,10H2,1-4H3. The Morgan fingerprint density at radius 3 is 2.64 bits per heavy atom. The summed E-state index contributed by atoms with van der Waals surface area (Å²) in [6.45, 7) is 7.96. The highest BCUT2D eigenvalue weighted by Crippen LogP contribution is 2.35. The Hall–Kier alpha value is -2.82. The van der Waals surface area contributed by atoms with Gasteiger partial charge in [0.05, 0.1) is 5.56 Å². The van der Waals surface area contributed by atoms with Gasteiger partial charge in [0, 0.05) is 12.3 Å². The van der Waals surface area contributed by atoms with Gasteiger partial charge in [0.1, 0.15) is 18.1 Å². The summed E-state index contributed by atoms with van der Waals surface area (Å²) >= 11 is 0. The molecule has 0 bridgehead atoms. The first kappa shape index (κ1) is 17.0. The highest BCUT2D eigenvalue weighted by Gasteiger charge is 2.23. The molecule has 2 aromatic rings. The van der Waals surface area contributed by atoms with E-state index in [-0.39, 0.29) is 23.5 Å². The molecule has 0 aliphatic carbocycles. The summed E-state index contributed by atoms with van der Waals surface area (Å²) in [5.41, 5.74) is 4.31. The van der Waals surface area contributed by atoms with Crippen LogP contribution in [0.4, 0.5) is 0 Å². The third-order valence-electron chi connectivity index (χ3n) is 4.15. The third-order valence-corrected chi connectivity index (χ3v) is 4.15. The van der Waals surface area contributed by atoms with Crippen LogP contribution in [0.25, 0.3) is 10.8 Å². The summed E-state index contributed by atoms with van der Waals surface area (Å²) < 4.78 is 5.82. The van der Waals surface area contributed by atoms with Gasteiger partial charge < -0.3 is 9.57 Å². The van der Waals surface area contributed by atoms with E-state index in [1.54, 1.807) is 12.1 Å². The Morgan fingerprint density at radius 1 is 1.20 bits per heavy atom.